The average molecular weight is 232 g/mol. The van der Waals surface area contributed by atoms with Crippen molar-refractivity contribution in [2.45, 2.75) is 18.3 Å². The van der Waals surface area contributed by atoms with Gasteiger partial charge in [0.15, 0.2) is 5.78 Å². The molecule has 0 unspecified atom stereocenters. The fourth-order valence-electron chi connectivity index (χ4n) is 0.596. The molecule has 0 saturated carbocycles. The molecule has 0 spiro atoms. The Labute approximate surface area is 122 Å². The van der Waals surface area contributed by atoms with E-state index in [1.807, 2.05) is 0 Å². The molecule has 0 heterocycles. The molecule has 0 saturated heterocycles. The summed E-state index contributed by atoms with van der Waals surface area (Å²) in [5.41, 5.74) is 0. The van der Waals surface area contributed by atoms with E-state index < -0.39 is 36.7 Å². The molecule has 0 amide bonds. The summed E-state index contributed by atoms with van der Waals surface area (Å²) >= 11 is 0. The van der Waals surface area contributed by atoms with E-state index in [9.17, 15) is 14.7 Å². The fraction of sp³-hybridized carbons (Fsp3) is 0.667. The van der Waals surface area contributed by atoms with Crippen molar-refractivity contribution < 1.29 is 86.5 Å². The first-order valence-corrected chi connectivity index (χ1v) is 3.30. The minimum absolute atomic E-state index is 0. The quantitative estimate of drug-likeness (QED) is 0.345. The van der Waals surface area contributed by atoms with Crippen LogP contribution in [0.15, 0.2) is 0 Å². The SMILES string of the molecule is O=C(CO)[C@@H](O)[C@H](O)[C@@H](O)C(=O)[O-].[K+]. The Bertz CT molecular complexity index is 206. The van der Waals surface area contributed by atoms with Gasteiger partial charge in [0.2, 0.25) is 0 Å². The van der Waals surface area contributed by atoms with Crippen LogP contribution in [-0.4, -0.2) is 57.1 Å². The molecule has 0 bridgehead atoms. The predicted molar refractivity (Wildman–Crippen MR) is 35.1 cm³/mol. The van der Waals surface area contributed by atoms with Crippen molar-refractivity contribution in [1.29, 1.82) is 0 Å². The second-order valence-corrected chi connectivity index (χ2v) is 2.32. The van der Waals surface area contributed by atoms with Crippen molar-refractivity contribution in [2.75, 3.05) is 6.61 Å². The maximum atomic E-state index is 10.5. The molecule has 8 heteroatoms. The number of carbonyl (C=O) groups excluding carboxylic acids is 2. The summed E-state index contributed by atoms with van der Waals surface area (Å²) in [6, 6.07) is 0. The first-order valence-electron chi connectivity index (χ1n) is 3.30. The summed E-state index contributed by atoms with van der Waals surface area (Å²) in [5, 5.41) is 44.4. The van der Waals surface area contributed by atoms with Crippen molar-refractivity contribution >= 4 is 11.8 Å². The number of aliphatic hydroxyl groups is 4. The molecule has 76 valence electrons. The number of carbonyl (C=O) groups is 2. The number of Topliss-reactive ketones (excluding diaryl/α,β-unsaturated/α-hetero) is 1. The smallest absolute Gasteiger partial charge is 0.547 e. The van der Waals surface area contributed by atoms with E-state index >= 15 is 0 Å². The van der Waals surface area contributed by atoms with Crippen LogP contribution in [0.3, 0.4) is 0 Å². The molecule has 0 fully saturated rings. The summed E-state index contributed by atoms with van der Waals surface area (Å²) in [5.74, 6) is -3.20. The van der Waals surface area contributed by atoms with Crippen LogP contribution in [0.2, 0.25) is 0 Å². The molecule has 7 nitrogen and oxygen atoms in total. The number of rotatable bonds is 5. The number of carboxylic acids is 1. The molecule has 0 aromatic heterocycles. The zero-order valence-corrected chi connectivity index (χ0v) is 10.6. The van der Waals surface area contributed by atoms with Crippen LogP contribution >= 0.6 is 0 Å². The van der Waals surface area contributed by atoms with Crippen LogP contribution in [0.4, 0.5) is 0 Å². The molecule has 0 aliphatic heterocycles. The largest absolute Gasteiger partial charge is 1.00 e. The van der Waals surface area contributed by atoms with Gasteiger partial charge in [-0.1, -0.05) is 0 Å². The Kier molecular flexibility index (Phi) is 9.55. The molecular formula is C6H9KO7. The summed E-state index contributed by atoms with van der Waals surface area (Å²) in [6.45, 7) is -1.06. The first-order chi connectivity index (χ1) is 5.91. The van der Waals surface area contributed by atoms with Gasteiger partial charge >= 0.3 is 51.4 Å². The number of ketones is 1. The summed E-state index contributed by atoms with van der Waals surface area (Å²) in [7, 11) is 0. The molecule has 0 radical (unpaired) electrons. The number of aliphatic hydroxyl groups excluding tert-OH is 4. The molecule has 3 atom stereocenters. The van der Waals surface area contributed by atoms with E-state index in [2.05, 4.69) is 0 Å². The molecule has 4 N–H and O–H groups in total. The molecule has 0 aromatic rings. The third-order valence-corrected chi connectivity index (χ3v) is 1.37. The van der Waals surface area contributed by atoms with Gasteiger partial charge in [0, 0.05) is 0 Å². The van der Waals surface area contributed by atoms with Crippen molar-refractivity contribution in [3.8, 4) is 0 Å². The maximum absolute atomic E-state index is 10.5. The standard InChI is InChI=1S/C6H10O7.K/c7-1-2(8)3(9)4(10)5(11)6(12)13;/h3-5,7,9-11H,1H2,(H,12,13);/q;+1/p-1/t3-,4+,5-;/m1./s1. The van der Waals surface area contributed by atoms with Crippen molar-refractivity contribution in [3.05, 3.63) is 0 Å². The number of hydrogen-bond acceptors (Lipinski definition) is 7. The van der Waals surface area contributed by atoms with Gasteiger partial charge in [-0.05, 0) is 0 Å². The van der Waals surface area contributed by atoms with E-state index in [1.54, 1.807) is 0 Å². The van der Waals surface area contributed by atoms with Crippen molar-refractivity contribution in [3.63, 3.8) is 0 Å². The monoisotopic (exact) mass is 232 g/mol. The van der Waals surface area contributed by atoms with Gasteiger partial charge in [-0.25, -0.2) is 0 Å². The zero-order valence-electron chi connectivity index (χ0n) is 7.45. The average Bonchev–Trinajstić information content (AvgIpc) is 2.12. The van der Waals surface area contributed by atoms with E-state index in [4.69, 9.17) is 20.4 Å². The van der Waals surface area contributed by atoms with Crippen molar-refractivity contribution in [2.24, 2.45) is 0 Å². The van der Waals surface area contributed by atoms with E-state index in [-0.39, 0.29) is 51.4 Å². The van der Waals surface area contributed by atoms with Crippen molar-refractivity contribution in [1.82, 2.24) is 0 Å². The van der Waals surface area contributed by atoms with Gasteiger partial charge in [-0.2, -0.15) is 0 Å². The Morgan fingerprint density at radius 2 is 1.57 bits per heavy atom. The Hall–Kier alpha value is 0.616. The summed E-state index contributed by atoms with van der Waals surface area (Å²) in [6.07, 6.45) is -6.71. The molecule has 0 aliphatic carbocycles. The normalized spacial score (nSPS) is 16.3. The third-order valence-electron chi connectivity index (χ3n) is 1.37. The minimum atomic E-state index is -2.37. The van der Waals surface area contributed by atoms with Gasteiger partial charge in [0.25, 0.3) is 0 Å². The van der Waals surface area contributed by atoms with Gasteiger partial charge in [-0.3, -0.25) is 4.79 Å². The van der Waals surface area contributed by atoms with Gasteiger partial charge < -0.3 is 30.3 Å². The van der Waals surface area contributed by atoms with Crippen LogP contribution in [0.1, 0.15) is 0 Å². The van der Waals surface area contributed by atoms with Crippen LogP contribution in [0.25, 0.3) is 0 Å². The molecule has 14 heavy (non-hydrogen) atoms. The van der Waals surface area contributed by atoms with E-state index in [0.717, 1.165) is 0 Å². The van der Waals surface area contributed by atoms with Gasteiger partial charge in [-0.15, -0.1) is 0 Å². The predicted octanol–water partition coefficient (Wildman–Crippen LogP) is -7.62. The van der Waals surface area contributed by atoms with Crippen LogP contribution in [0, 0.1) is 0 Å². The minimum Gasteiger partial charge on any atom is -0.547 e. The number of carboxylic acid groups (broad SMARTS) is 1. The van der Waals surface area contributed by atoms with Crippen LogP contribution in [0.5, 0.6) is 0 Å². The molecule has 0 aliphatic rings. The topological polar surface area (TPSA) is 138 Å². The Balaban J connectivity index is 0. The van der Waals surface area contributed by atoms with E-state index in [0.29, 0.717) is 0 Å². The number of hydrogen-bond donors (Lipinski definition) is 4. The summed E-state index contributed by atoms with van der Waals surface area (Å²) < 4.78 is 0. The summed E-state index contributed by atoms with van der Waals surface area (Å²) in [4.78, 5) is 20.4. The maximum Gasteiger partial charge on any atom is 1.00 e. The molecule has 0 rings (SSSR count). The molecule has 0 aromatic carbocycles. The second kappa shape index (κ2) is 7.85. The van der Waals surface area contributed by atoms with Crippen LogP contribution in [-0.2, 0) is 9.59 Å². The second-order valence-electron chi connectivity index (χ2n) is 2.32. The fourth-order valence-corrected chi connectivity index (χ4v) is 0.596. The van der Waals surface area contributed by atoms with Gasteiger partial charge in [0.1, 0.15) is 24.9 Å². The molecular weight excluding hydrogens is 223 g/mol. The Morgan fingerprint density at radius 3 is 1.86 bits per heavy atom. The number of aliphatic carboxylic acids is 1. The first kappa shape index (κ1) is 17.0. The van der Waals surface area contributed by atoms with Gasteiger partial charge in [0.05, 0.1) is 5.97 Å². The van der Waals surface area contributed by atoms with Crippen LogP contribution < -0.4 is 56.5 Å². The zero-order chi connectivity index (χ0) is 10.6. The third kappa shape index (κ3) is 4.91. The Morgan fingerprint density at radius 1 is 1.14 bits per heavy atom. The van der Waals surface area contributed by atoms with E-state index in [1.165, 1.54) is 0 Å².